The molecule has 0 bridgehead atoms. The molecule has 2 rings (SSSR count). The van der Waals surface area contributed by atoms with Crippen molar-refractivity contribution in [3.8, 4) is 0 Å². The van der Waals surface area contributed by atoms with Gasteiger partial charge in [-0.05, 0) is 36.3 Å². The second kappa shape index (κ2) is 4.51. The van der Waals surface area contributed by atoms with E-state index in [4.69, 9.17) is 5.73 Å². The Kier molecular flexibility index (Phi) is 3.42. The van der Waals surface area contributed by atoms with E-state index in [2.05, 4.69) is 13.8 Å². The summed E-state index contributed by atoms with van der Waals surface area (Å²) in [4.78, 5) is 0. The van der Waals surface area contributed by atoms with Crippen molar-refractivity contribution in [1.29, 1.82) is 0 Å². The molecule has 1 unspecified atom stereocenters. The van der Waals surface area contributed by atoms with E-state index in [1.54, 1.807) is 6.07 Å². The van der Waals surface area contributed by atoms with Crippen molar-refractivity contribution in [2.45, 2.75) is 51.2 Å². The Morgan fingerprint density at radius 1 is 1.21 bits per heavy atom. The third-order valence-electron chi connectivity index (χ3n) is 4.55. The minimum atomic E-state index is -4.29. The maximum Gasteiger partial charge on any atom is 0.416 e. The molecule has 1 aromatic rings. The Balaban J connectivity index is 2.25. The topological polar surface area (TPSA) is 26.0 Å². The van der Waals surface area contributed by atoms with Crippen LogP contribution in [0.15, 0.2) is 24.3 Å². The van der Waals surface area contributed by atoms with Crippen LogP contribution in [0.2, 0.25) is 0 Å². The van der Waals surface area contributed by atoms with Crippen molar-refractivity contribution in [2.24, 2.45) is 11.1 Å². The van der Waals surface area contributed by atoms with Crippen molar-refractivity contribution < 1.29 is 13.2 Å². The summed E-state index contributed by atoms with van der Waals surface area (Å²) in [6.45, 7) is 4.21. The Bertz CT molecular complexity index is 465. The first-order valence-electron chi connectivity index (χ1n) is 6.59. The normalized spacial score (nSPS) is 26.6. The minimum absolute atomic E-state index is 0.0266. The summed E-state index contributed by atoms with van der Waals surface area (Å²) in [6.07, 6.45) is -0.839. The average Bonchev–Trinajstić information content (AvgIpc) is 2.52. The fourth-order valence-electron chi connectivity index (χ4n) is 2.98. The van der Waals surface area contributed by atoms with Gasteiger partial charge in [-0.25, -0.2) is 0 Å². The van der Waals surface area contributed by atoms with Crippen LogP contribution in [0.4, 0.5) is 13.2 Å². The van der Waals surface area contributed by atoms with Gasteiger partial charge >= 0.3 is 6.18 Å². The Labute approximate surface area is 112 Å². The summed E-state index contributed by atoms with van der Waals surface area (Å²) in [5.74, 6) is 0. The third-order valence-corrected chi connectivity index (χ3v) is 4.55. The number of benzene rings is 1. The van der Waals surface area contributed by atoms with Gasteiger partial charge < -0.3 is 5.73 Å². The summed E-state index contributed by atoms with van der Waals surface area (Å²) < 4.78 is 38.1. The predicted molar refractivity (Wildman–Crippen MR) is 69.7 cm³/mol. The maximum atomic E-state index is 12.7. The van der Waals surface area contributed by atoms with Crippen LogP contribution in [0.5, 0.6) is 0 Å². The lowest BCUT2D eigenvalue weighted by Crippen LogP contribution is -2.50. The molecule has 2 N–H and O–H groups in total. The van der Waals surface area contributed by atoms with E-state index in [0.717, 1.165) is 25.3 Å². The number of nitrogens with two attached hydrogens (primary N) is 1. The van der Waals surface area contributed by atoms with Crippen molar-refractivity contribution in [3.63, 3.8) is 0 Å². The quantitative estimate of drug-likeness (QED) is 0.859. The van der Waals surface area contributed by atoms with E-state index in [1.165, 1.54) is 12.1 Å². The monoisotopic (exact) mass is 271 g/mol. The first kappa shape index (κ1) is 14.4. The molecule has 19 heavy (non-hydrogen) atoms. The van der Waals surface area contributed by atoms with Gasteiger partial charge in [-0.3, -0.25) is 0 Å². The van der Waals surface area contributed by atoms with Crippen LogP contribution in [-0.4, -0.2) is 5.54 Å². The Morgan fingerprint density at radius 3 is 2.42 bits per heavy atom. The molecule has 0 aliphatic heterocycles. The lowest BCUT2D eigenvalue weighted by Gasteiger charge is -2.38. The molecule has 106 valence electrons. The highest BCUT2D eigenvalue weighted by molar-refractivity contribution is 5.28. The summed E-state index contributed by atoms with van der Waals surface area (Å²) in [5.41, 5.74) is 6.09. The third kappa shape index (κ3) is 2.78. The van der Waals surface area contributed by atoms with Gasteiger partial charge in [-0.15, -0.1) is 0 Å². The lowest BCUT2D eigenvalue weighted by atomic mass is 9.72. The molecular weight excluding hydrogens is 251 g/mol. The zero-order chi connectivity index (χ0) is 14.3. The Morgan fingerprint density at radius 2 is 1.89 bits per heavy atom. The number of alkyl halides is 3. The molecule has 0 heterocycles. The average molecular weight is 271 g/mol. The fraction of sp³-hybridized carbons (Fsp3) is 0.600. The molecule has 0 saturated heterocycles. The molecule has 0 radical (unpaired) electrons. The van der Waals surface area contributed by atoms with Crippen LogP contribution in [0.25, 0.3) is 0 Å². The van der Waals surface area contributed by atoms with Crippen LogP contribution in [-0.2, 0) is 12.6 Å². The molecule has 0 amide bonds. The predicted octanol–water partition coefficient (Wildman–Crippen LogP) is 4.16. The van der Waals surface area contributed by atoms with E-state index in [0.29, 0.717) is 12.0 Å². The van der Waals surface area contributed by atoms with Crippen LogP contribution in [0, 0.1) is 5.41 Å². The van der Waals surface area contributed by atoms with Gasteiger partial charge in [-0.1, -0.05) is 38.5 Å². The Hall–Kier alpha value is -1.03. The summed E-state index contributed by atoms with van der Waals surface area (Å²) in [7, 11) is 0. The molecule has 1 atom stereocenters. The zero-order valence-electron chi connectivity index (χ0n) is 11.3. The van der Waals surface area contributed by atoms with Gasteiger partial charge in [-0.2, -0.15) is 13.2 Å². The molecule has 1 aliphatic rings. The van der Waals surface area contributed by atoms with Gasteiger partial charge in [0.15, 0.2) is 0 Å². The maximum absolute atomic E-state index is 12.7. The van der Waals surface area contributed by atoms with Gasteiger partial charge in [0.25, 0.3) is 0 Å². The van der Waals surface area contributed by atoms with Crippen LogP contribution in [0.1, 0.15) is 44.2 Å². The molecule has 1 aliphatic carbocycles. The number of rotatable bonds is 2. The van der Waals surface area contributed by atoms with Crippen LogP contribution < -0.4 is 5.73 Å². The zero-order valence-corrected chi connectivity index (χ0v) is 11.3. The highest BCUT2D eigenvalue weighted by atomic mass is 19.4. The highest BCUT2D eigenvalue weighted by Gasteiger charge is 2.45. The second-order valence-corrected chi connectivity index (χ2v) is 6.27. The van der Waals surface area contributed by atoms with Crippen LogP contribution in [0.3, 0.4) is 0 Å². The molecular formula is C15H20F3N. The molecule has 0 aromatic heterocycles. The van der Waals surface area contributed by atoms with E-state index in [9.17, 15) is 13.2 Å². The SMILES string of the molecule is CC1(C)CCCC1(N)Cc1cccc(C(F)(F)F)c1. The number of halogens is 3. The standard InChI is InChI=1S/C15H20F3N/c1-13(2)7-4-8-14(13,19)10-11-5-3-6-12(9-11)15(16,17)18/h3,5-6,9H,4,7-8,10,19H2,1-2H3. The summed E-state index contributed by atoms with van der Waals surface area (Å²) in [6, 6.07) is 5.53. The fourth-order valence-corrected chi connectivity index (χ4v) is 2.98. The molecule has 4 heteroatoms. The highest BCUT2D eigenvalue weighted by Crippen LogP contribution is 2.46. The molecule has 1 saturated carbocycles. The van der Waals surface area contributed by atoms with Gasteiger partial charge in [0.05, 0.1) is 5.56 Å². The molecule has 1 aromatic carbocycles. The van der Waals surface area contributed by atoms with E-state index < -0.39 is 17.3 Å². The van der Waals surface area contributed by atoms with E-state index in [-0.39, 0.29) is 5.41 Å². The first-order chi connectivity index (χ1) is 8.64. The van der Waals surface area contributed by atoms with Crippen molar-refractivity contribution in [1.82, 2.24) is 0 Å². The number of hydrogen-bond donors (Lipinski definition) is 1. The molecule has 1 fully saturated rings. The van der Waals surface area contributed by atoms with Gasteiger partial charge in [0, 0.05) is 5.54 Å². The van der Waals surface area contributed by atoms with E-state index >= 15 is 0 Å². The second-order valence-electron chi connectivity index (χ2n) is 6.27. The summed E-state index contributed by atoms with van der Waals surface area (Å²) in [5, 5.41) is 0. The van der Waals surface area contributed by atoms with Gasteiger partial charge in [0.1, 0.15) is 0 Å². The lowest BCUT2D eigenvalue weighted by molar-refractivity contribution is -0.137. The van der Waals surface area contributed by atoms with Crippen molar-refractivity contribution in [3.05, 3.63) is 35.4 Å². The largest absolute Gasteiger partial charge is 0.416 e. The van der Waals surface area contributed by atoms with E-state index in [1.807, 2.05) is 0 Å². The smallest absolute Gasteiger partial charge is 0.324 e. The molecule has 0 spiro atoms. The number of hydrogen-bond acceptors (Lipinski definition) is 1. The minimum Gasteiger partial charge on any atom is -0.324 e. The van der Waals surface area contributed by atoms with Crippen molar-refractivity contribution in [2.75, 3.05) is 0 Å². The molecule has 1 nitrogen and oxygen atoms in total. The van der Waals surface area contributed by atoms with Crippen LogP contribution >= 0.6 is 0 Å². The first-order valence-corrected chi connectivity index (χ1v) is 6.59. The van der Waals surface area contributed by atoms with Gasteiger partial charge in [0.2, 0.25) is 0 Å². The summed E-state index contributed by atoms with van der Waals surface area (Å²) >= 11 is 0. The van der Waals surface area contributed by atoms with Crippen molar-refractivity contribution >= 4 is 0 Å².